The van der Waals surface area contributed by atoms with Crippen LogP contribution in [0.4, 0.5) is 5.69 Å². The number of amides is 1. The van der Waals surface area contributed by atoms with Crippen molar-refractivity contribution in [2.24, 2.45) is 0 Å². The van der Waals surface area contributed by atoms with Crippen LogP contribution in [0.2, 0.25) is 5.02 Å². The van der Waals surface area contributed by atoms with Crippen LogP contribution >= 0.6 is 11.6 Å². The molecular formula is C15H16ClN3O. The lowest BCUT2D eigenvalue weighted by atomic mass is 10.2. The minimum Gasteiger partial charge on any atom is -0.376 e. The zero-order chi connectivity index (χ0) is 14.5. The molecule has 1 aromatic carbocycles. The summed E-state index contributed by atoms with van der Waals surface area (Å²) in [7, 11) is 0. The van der Waals surface area contributed by atoms with Crippen molar-refractivity contribution in [2.75, 3.05) is 18.4 Å². The Bertz CT molecular complexity index is 583. The molecule has 4 nitrogen and oxygen atoms in total. The zero-order valence-electron chi connectivity index (χ0n) is 11.3. The lowest BCUT2D eigenvalue weighted by Crippen LogP contribution is -2.18. The van der Waals surface area contributed by atoms with Crippen LogP contribution in [0.3, 0.4) is 0 Å². The fraction of sp³-hybridized carbons (Fsp3) is 0.333. The monoisotopic (exact) mass is 289 g/mol. The van der Waals surface area contributed by atoms with Gasteiger partial charge in [-0.15, -0.1) is 0 Å². The second-order valence-electron chi connectivity index (χ2n) is 4.82. The highest BCUT2D eigenvalue weighted by molar-refractivity contribution is 6.31. The van der Waals surface area contributed by atoms with Crippen LogP contribution < -0.4 is 5.32 Å². The fourth-order valence-electron chi connectivity index (χ4n) is 2.06. The molecule has 0 aliphatic carbocycles. The number of aryl methyl sites for hydroxylation is 1. The Morgan fingerprint density at radius 1 is 1.45 bits per heavy atom. The molecule has 0 radical (unpaired) electrons. The Morgan fingerprint density at radius 2 is 2.15 bits per heavy atom. The molecule has 104 valence electrons. The van der Waals surface area contributed by atoms with Gasteiger partial charge in [0, 0.05) is 30.0 Å². The van der Waals surface area contributed by atoms with E-state index in [1.165, 1.54) is 0 Å². The first-order chi connectivity index (χ1) is 9.60. The van der Waals surface area contributed by atoms with Gasteiger partial charge in [0.1, 0.15) is 11.6 Å². The van der Waals surface area contributed by atoms with Crippen molar-refractivity contribution in [3.8, 4) is 6.07 Å². The van der Waals surface area contributed by atoms with Crippen molar-refractivity contribution in [3.63, 3.8) is 0 Å². The first kappa shape index (κ1) is 14.4. The molecule has 1 amide bonds. The third-order valence-corrected chi connectivity index (χ3v) is 3.65. The van der Waals surface area contributed by atoms with E-state index >= 15 is 0 Å². The summed E-state index contributed by atoms with van der Waals surface area (Å²) >= 11 is 6.01. The van der Waals surface area contributed by atoms with Crippen molar-refractivity contribution in [3.05, 3.63) is 40.6 Å². The van der Waals surface area contributed by atoms with Gasteiger partial charge in [0.2, 0.25) is 0 Å². The number of halogens is 1. The minimum absolute atomic E-state index is 0.114. The molecule has 0 aromatic heterocycles. The summed E-state index contributed by atoms with van der Waals surface area (Å²) in [6, 6.07) is 7.22. The molecule has 0 spiro atoms. The molecular weight excluding hydrogens is 274 g/mol. The maximum Gasteiger partial charge on any atom is 0.267 e. The summed E-state index contributed by atoms with van der Waals surface area (Å²) in [4.78, 5) is 14.1. The Labute approximate surface area is 123 Å². The molecule has 0 unspecified atom stereocenters. The topological polar surface area (TPSA) is 56.1 Å². The van der Waals surface area contributed by atoms with Gasteiger partial charge >= 0.3 is 0 Å². The van der Waals surface area contributed by atoms with Crippen LogP contribution in [0.1, 0.15) is 18.4 Å². The van der Waals surface area contributed by atoms with E-state index in [4.69, 9.17) is 16.9 Å². The van der Waals surface area contributed by atoms with Crippen LogP contribution in [-0.4, -0.2) is 23.9 Å². The maximum absolute atomic E-state index is 12.1. The minimum atomic E-state index is -0.403. The van der Waals surface area contributed by atoms with Gasteiger partial charge in [-0.2, -0.15) is 5.26 Å². The number of rotatable bonds is 3. The highest BCUT2D eigenvalue weighted by Crippen LogP contribution is 2.20. The fourth-order valence-corrected chi connectivity index (χ4v) is 2.24. The van der Waals surface area contributed by atoms with E-state index in [1.54, 1.807) is 18.3 Å². The molecule has 0 saturated carbocycles. The predicted molar refractivity (Wildman–Crippen MR) is 79.3 cm³/mol. The number of nitriles is 1. The lowest BCUT2D eigenvalue weighted by Gasteiger charge is -2.12. The number of carbonyl (C=O) groups excluding carboxylic acids is 1. The number of anilines is 1. The van der Waals surface area contributed by atoms with Crippen molar-refractivity contribution in [1.82, 2.24) is 4.90 Å². The number of hydrogen-bond donors (Lipinski definition) is 1. The number of likely N-dealkylation sites (tertiary alicyclic amines) is 1. The standard InChI is InChI=1S/C15H16ClN3O/c1-11-4-5-13(8-14(11)16)18-15(20)12(9-17)10-19-6-2-3-7-19/h4-5,8,10H,2-3,6-7H2,1H3,(H,18,20)/b12-10-. The van der Waals surface area contributed by atoms with Gasteiger partial charge in [-0.1, -0.05) is 17.7 Å². The molecule has 1 heterocycles. The smallest absolute Gasteiger partial charge is 0.267 e. The summed E-state index contributed by atoms with van der Waals surface area (Å²) in [6.07, 6.45) is 3.84. The molecule has 1 N–H and O–H groups in total. The Morgan fingerprint density at radius 3 is 2.75 bits per heavy atom. The van der Waals surface area contributed by atoms with E-state index in [0.29, 0.717) is 10.7 Å². The van der Waals surface area contributed by atoms with Gasteiger partial charge < -0.3 is 10.2 Å². The number of carbonyl (C=O) groups is 1. The molecule has 0 atom stereocenters. The quantitative estimate of drug-likeness (QED) is 0.687. The Balaban J connectivity index is 2.09. The van der Waals surface area contributed by atoms with Gasteiger partial charge in [0.15, 0.2) is 0 Å². The SMILES string of the molecule is Cc1ccc(NC(=O)/C(C#N)=C\N2CCCC2)cc1Cl. The molecule has 5 heteroatoms. The number of nitrogens with zero attached hydrogens (tertiary/aromatic N) is 2. The number of benzene rings is 1. The Kier molecular flexibility index (Phi) is 4.65. The highest BCUT2D eigenvalue weighted by Gasteiger charge is 2.14. The molecule has 1 fully saturated rings. The predicted octanol–water partition coefficient (Wildman–Crippen LogP) is 3.09. The van der Waals surface area contributed by atoms with Crippen molar-refractivity contribution in [2.45, 2.75) is 19.8 Å². The van der Waals surface area contributed by atoms with Crippen LogP contribution in [0.5, 0.6) is 0 Å². The van der Waals surface area contributed by atoms with Gasteiger partial charge in [-0.3, -0.25) is 4.79 Å². The van der Waals surface area contributed by atoms with Gasteiger partial charge in [0.25, 0.3) is 5.91 Å². The van der Waals surface area contributed by atoms with Crippen LogP contribution in [-0.2, 0) is 4.79 Å². The van der Waals surface area contributed by atoms with Crippen LogP contribution in [0.25, 0.3) is 0 Å². The van der Waals surface area contributed by atoms with E-state index in [9.17, 15) is 4.79 Å². The van der Waals surface area contributed by atoms with E-state index in [1.807, 2.05) is 24.0 Å². The third kappa shape index (κ3) is 3.52. The summed E-state index contributed by atoms with van der Waals surface area (Å²) in [5, 5.41) is 12.4. The highest BCUT2D eigenvalue weighted by atomic mass is 35.5. The van der Waals surface area contributed by atoms with Gasteiger partial charge in [-0.25, -0.2) is 0 Å². The largest absolute Gasteiger partial charge is 0.376 e. The second kappa shape index (κ2) is 6.44. The lowest BCUT2D eigenvalue weighted by molar-refractivity contribution is -0.112. The molecule has 1 aliphatic heterocycles. The molecule has 1 aromatic rings. The van der Waals surface area contributed by atoms with E-state index < -0.39 is 5.91 Å². The van der Waals surface area contributed by atoms with Crippen LogP contribution in [0, 0.1) is 18.3 Å². The average molecular weight is 290 g/mol. The van der Waals surface area contributed by atoms with E-state index in [0.717, 1.165) is 31.5 Å². The second-order valence-corrected chi connectivity index (χ2v) is 5.22. The summed E-state index contributed by atoms with van der Waals surface area (Å²) in [5.74, 6) is -0.403. The average Bonchev–Trinajstić information content (AvgIpc) is 2.93. The molecule has 2 rings (SSSR count). The van der Waals surface area contributed by atoms with E-state index in [2.05, 4.69) is 5.32 Å². The normalized spacial score (nSPS) is 15.1. The van der Waals surface area contributed by atoms with Gasteiger partial charge in [-0.05, 0) is 37.5 Å². The van der Waals surface area contributed by atoms with Crippen molar-refractivity contribution in [1.29, 1.82) is 5.26 Å². The van der Waals surface area contributed by atoms with Crippen molar-refractivity contribution >= 4 is 23.2 Å². The summed E-state index contributed by atoms with van der Waals surface area (Å²) in [6.45, 7) is 3.69. The summed E-state index contributed by atoms with van der Waals surface area (Å²) < 4.78 is 0. The number of nitrogens with one attached hydrogen (secondary N) is 1. The van der Waals surface area contributed by atoms with E-state index in [-0.39, 0.29) is 5.57 Å². The Hall–Kier alpha value is -1.99. The molecule has 20 heavy (non-hydrogen) atoms. The summed E-state index contributed by atoms with van der Waals surface area (Å²) in [5.41, 5.74) is 1.65. The van der Waals surface area contributed by atoms with Crippen LogP contribution in [0.15, 0.2) is 30.0 Å². The first-order valence-electron chi connectivity index (χ1n) is 6.53. The maximum atomic E-state index is 12.1. The molecule has 1 saturated heterocycles. The third-order valence-electron chi connectivity index (χ3n) is 3.25. The van der Waals surface area contributed by atoms with Crippen molar-refractivity contribution < 1.29 is 4.79 Å². The number of hydrogen-bond acceptors (Lipinski definition) is 3. The first-order valence-corrected chi connectivity index (χ1v) is 6.91. The molecule has 1 aliphatic rings. The zero-order valence-corrected chi connectivity index (χ0v) is 12.1. The van der Waals surface area contributed by atoms with Gasteiger partial charge in [0.05, 0.1) is 0 Å². The molecule has 0 bridgehead atoms.